The van der Waals surface area contributed by atoms with Gasteiger partial charge in [-0.05, 0) is 68.3 Å². The second-order valence-electron chi connectivity index (χ2n) is 7.40. The molecule has 0 spiro atoms. The van der Waals surface area contributed by atoms with E-state index in [0.717, 1.165) is 16.0 Å². The molecule has 0 radical (unpaired) electrons. The third kappa shape index (κ3) is 3.20. The van der Waals surface area contributed by atoms with E-state index in [2.05, 4.69) is 0 Å². The molecule has 1 aliphatic heterocycles. The van der Waals surface area contributed by atoms with Gasteiger partial charge in [0.1, 0.15) is 29.1 Å². The van der Waals surface area contributed by atoms with E-state index in [1.54, 1.807) is 31.2 Å². The van der Waals surface area contributed by atoms with Gasteiger partial charge in [-0.3, -0.25) is 14.5 Å². The number of furan rings is 1. The quantitative estimate of drug-likeness (QED) is 0.379. The standard InChI is InChI=1S/C24H20FNO4/c1-13-7-9-16(11-14(13)2)22(27)20-21(19-10-8-15(3)30-19)26(24(29)23(20)28)18-6-4-5-17(25)12-18/h4-12,21,27H,1-3H3/b22-20-. The van der Waals surface area contributed by atoms with Crippen LogP contribution in [-0.2, 0) is 9.59 Å². The highest BCUT2D eigenvalue weighted by Gasteiger charge is 2.48. The van der Waals surface area contributed by atoms with E-state index in [-0.39, 0.29) is 17.0 Å². The number of Topliss-reactive ketones (excluding diaryl/α,β-unsaturated/α-hetero) is 1. The Kier molecular flexibility index (Phi) is 4.78. The van der Waals surface area contributed by atoms with Crippen molar-refractivity contribution in [2.45, 2.75) is 26.8 Å². The highest BCUT2D eigenvalue weighted by molar-refractivity contribution is 6.51. The summed E-state index contributed by atoms with van der Waals surface area (Å²) in [4.78, 5) is 27.1. The number of benzene rings is 2. The summed E-state index contributed by atoms with van der Waals surface area (Å²) in [6, 6.07) is 13.0. The minimum atomic E-state index is -1.01. The number of aryl methyl sites for hydroxylation is 3. The Morgan fingerprint density at radius 1 is 1.00 bits per heavy atom. The molecular weight excluding hydrogens is 385 g/mol. The molecule has 4 rings (SSSR count). The molecule has 1 amide bonds. The first-order valence-corrected chi connectivity index (χ1v) is 9.48. The molecule has 1 atom stereocenters. The number of carbonyl (C=O) groups is 2. The van der Waals surface area contributed by atoms with Crippen LogP contribution in [0, 0.1) is 26.6 Å². The number of ketones is 1. The summed E-state index contributed by atoms with van der Waals surface area (Å²) in [6.07, 6.45) is 0. The number of hydrogen-bond acceptors (Lipinski definition) is 4. The van der Waals surface area contributed by atoms with Crippen LogP contribution in [0.5, 0.6) is 0 Å². The zero-order chi connectivity index (χ0) is 21.6. The Morgan fingerprint density at radius 2 is 1.77 bits per heavy atom. The van der Waals surface area contributed by atoms with Gasteiger partial charge in [0.05, 0.1) is 5.57 Å². The van der Waals surface area contributed by atoms with Crippen molar-refractivity contribution in [2.75, 3.05) is 4.90 Å². The molecule has 1 unspecified atom stereocenters. The predicted octanol–water partition coefficient (Wildman–Crippen LogP) is 4.97. The van der Waals surface area contributed by atoms with E-state index in [1.807, 2.05) is 19.9 Å². The van der Waals surface area contributed by atoms with Crippen molar-refractivity contribution in [1.82, 2.24) is 0 Å². The first-order valence-electron chi connectivity index (χ1n) is 9.48. The molecule has 0 bridgehead atoms. The van der Waals surface area contributed by atoms with Gasteiger partial charge in [0.2, 0.25) is 0 Å². The predicted molar refractivity (Wildman–Crippen MR) is 111 cm³/mol. The fourth-order valence-electron chi connectivity index (χ4n) is 3.64. The van der Waals surface area contributed by atoms with Gasteiger partial charge in [0.15, 0.2) is 0 Å². The second-order valence-corrected chi connectivity index (χ2v) is 7.40. The smallest absolute Gasteiger partial charge is 0.300 e. The summed E-state index contributed by atoms with van der Waals surface area (Å²) in [5, 5.41) is 11.0. The summed E-state index contributed by atoms with van der Waals surface area (Å²) in [7, 11) is 0. The van der Waals surface area contributed by atoms with E-state index in [1.165, 1.54) is 24.3 Å². The van der Waals surface area contributed by atoms with E-state index in [4.69, 9.17) is 4.42 Å². The number of carbonyl (C=O) groups excluding carboxylic acids is 2. The molecule has 1 saturated heterocycles. The maximum Gasteiger partial charge on any atom is 0.300 e. The largest absolute Gasteiger partial charge is 0.507 e. The Morgan fingerprint density at radius 3 is 2.40 bits per heavy atom. The van der Waals surface area contributed by atoms with E-state index in [9.17, 15) is 19.1 Å². The third-order valence-corrected chi connectivity index (χ3v) is 5.34. The zero-order valence-electron chi connectivity index (χ0n) is 16.8. The number of amides is 1. The first kappa shape index (κ1) is 19.6. The molecule has 5 nitrogen and oxygen atoms in total. The van der Waals surface area contributed by atoms with Crippen LogP contribution in [0.2, 0.25) is 0 Å². The normalized spacial score (nSPS) is 18.3. The average Bonchev–Trinajstić information content (AvgIpc) is 3.25. The monoisotopic (exact) mass is 405 g/mol. The Labute approximate surface area is 173 Å². The Hall–Kier alpha value is -3.67. The van der Waals surface area contributed by atoms with Crippen LogP contribution in [0.15, 0.2) is 64.6 Å². The van der Waals surface area contributed by atoms with Gasteiger partial charge in [-0.2, -0.15) is 0 Å². The number of anilines is 1. The van der Waals surface area contributed by atoms with Crippen LogP contribution in [0.4, 0.5) is 10.1 Å². The van der Waals surface area contributed by atoms with Crippen LogP contribution >= 0.6 is 0 Å². The van der Waals surface area contributed by atoms with Crippen molar-refractivity contribution >= 4 is 23.1 Å². The van der Waals surface area contributed by atoms with E-state index < -0.39 is 23.5 Å². The van der Waals surface area contributed by atoms with E-state index in [0.29, 0.717) is 17.1 Å². The van der Waals surface area contributed by atoms with Crippen molar-refractivity contribution in [1.29, 1.82) is 0 Å². The molecule has 1 fully saturated rings. The number of hydrogen-bond donors (Lipinski definition) is 1. The van der Waals surface area contributed by atoms with Crippen LogP contribution in [0.1, 0.15) is 34.3 Å². The van der Waals surface area contributed by atoms with Crippen LogP contribution in [-0.4, -0.2) is 16.8 Å². The molecule has 0 saturated carbocycles. The van der Waals surface area contributed by atoms with Crippen molar-refractivity contribution < 1.29 is 23.5 Å². The van der Waals surface area contributed by atoms with Gasteiger partial charge in [-0.1, -0.05) is 18.2 Å². The number of aliphatic hydroxyl groups is 1. The van der Waals surface area contributed by atoms with Crippen molar-refractivity contribution in [2.24, 2.45) is 0 Å². The molecule has 1 N–H and O–H groups in total. The van der Waals surface area contributed by atoms with Crippen LogP contribution in [0.3, 0.4) is 0 Å². The first-order chi connectivity index (χ1) is 14.3. The molecule has 0 aliphatic carbocycles. The number of rotatable bonds is 3. The lowest BCUT2D eigenvalue weighted by atomic mass is 9.97. The fraction of sp³-hybridized carbons (Fsp3) is 0.167. The highest BCUT2D eigenvalue weighted by Crippen LogP contribution is 2.42. The van der Waals surface area contributed by atoms with Gasteiger partial charge in [-0.25, -0.2) is 4.39 Å². The molecule has 1 aromatic heterocycles. The summed E-state index contributed by atoms with van der Waals surface area (Å²) in [6.45, 7) is 5.57. The highest BCUT2D eigenvalue weighted by atomic mass is 19.1. The zero-order valence-corrected chi connectivity index (χ0v) is 16.8. The molecule has 6 heteroatoms. The number of aliphatic hydroxyl groups excluding tert-OH is 1. The summed E-state index contributed by atoms with van der Waals surface area (Å²) in [5.74, 6) is -1.66. The average molecular weight is 405 g/mol. The summed E-state index contributed by atoms with van der Waals surface area (Å²) >= 11 is 0. The second kappa shape index (κ2) is 7.30. The topological polar surface area (TPSA) is 70.8 Å². The van der Waals surface area contributed by atoms with Crippen molar-refractivity contribution in [3.05, 3.63) is 94.2 Å². The van der Waals surface area contributed by atoms with Crippen LogP contribution < -0.4 is 4.90 Å². The van der Waals surface area contributed by atoms with E-state index >= 15 is 0 Å². The van der Waals surface area contributed by atoms with Crippen LogP contribution in [0.25, 0.3) is 5.76 Å². The van der Waals surface area contributed by atoms with Gasteiger partial charge in [0, 0.05) is 11.3 Å². The third-order valence-electron chi connectivity index (χ3n) is 5.34. The number of halogens is 1. The molecule has 30 heavy (non-hydrogen) atoms. The molecule has 2 heterocycles. The SMILES string of the molecule is Cc1ccc(C2/C(=C(/O)c3ccc(C)c(C)c3)C(=O)C(=O)N2c2cccc(F)c2)o1. The molecule has 152 valence electrons. The lowest BCUT2D eigenvalue weighted by molar-refractivity contribution is -0.132. The molecule has 1 aliphatic rings. The van der Waals surface area contributed by atoms with Gasteiger partial charge >= 0.3 is 0 Å². The summed E-state index contributed by atoms with van der Waals surface area (Å²) < 4.78 is 19.6. The van der Waals surface area contributed by atoms with Gasteiger partial charge in [0.25, 0.3) is 11.7 Å². The maximum absolute atomic E-state index is 13.9. The Balaban J connectivity index is 1.95. The molecule has 3 aromatic rings. The fourth-order valence-corrected chi connectivity index (χ4v) is 3.64. The summed E-state index contributed by atoms with van der Waals surface area (Å²) in [5.41, 5.74) is 2.49. The van der Waals surface area contributed by atoms with Gasteiger partial charge < -0.3 is 9.52 Å². The lowest BCUT2D eigenvalue weighted by Gasteiger charge is -2.23. The minimum Gasteiger partial charge on any atom is -0.507 e. The van der Waals surface area contributed by atoms with Crippen molar-refractivity contribution in [3.8, 4) is 0 Å². The minimum absolute atomic E-state index is 0.0955. The molecule has 2 aromatic carbocycles. The lowest BCUT2D eigenvalue weighted by Crippen LogP contribution is -2.29. The van der Waals surface area contributed by atoms with Gasteiger partial charge in [-0.15, -0.1) is 0 Å². The molecular formula is C24H20FNO4. The van der Waals surface area contributed by atoms with Crippen molar-refractivity contribution in [3.63, 3.8) is 0 Å². The maximum atomic E-state index is 13.9. The number of nitrogens with zero attached hydrogens (tertiary/aromatic N) is 1. The Bertz CT molecular complexity index is 1210.